The zero-order valence-electron chi connectivity index (χ0n) is 15.4. The van der Waals surface area contributed by atoms with E-state index < -0.39 is 0 Å². The van der Waals surface area contributed by atoms with E-state index in [0.29, 0.717) is 12.0 Å². The third kappa shape index (κ3) is 3.82. The van der Waals surface area contributed by atoms with E-state index >= 15 is 0 Å². The lowest BCUT2D eigenvalue weighted by atomic mass is 9.86. The highest BCUT2D eigenvalue weighted by Crippen LogP contribution is 2.31. The molecule has 2 fully saturated rings. The summed E-state index contributed by atoms with van der Waals surface area (Å²) in [7, 11) is 0. The van der Waals surface area contributed by atoms with Gasteiger partial charge in [-0.2, -0.15) is 0 Å². The van der Waals surface area contributed by atoms with Crippen molar-refractivity contribution in [3.8, 4) is 0 Å². The Kier molecular flexibility index (Phi) is 5.59. The smallest absolute Gasteiger partial charge is 0.219 e. The fraction of sp³-hybridized carbons (Fsp3) is 0.789. The zero-order valence-corrected chi connectivity index (χ0v) is 15.4. The predicted molar refractivity (Wildman–Crippen MR) is 93.6 cm³/mol. The molecular formula is C19H31N3O2. The third-order valence-corrected chi connectivity index (χ3v) is 5.94. The lowest BCUT2D eigenvalue weighted by Gasteiger charge is -2.40. The minimum atomic E-state index is 0.264. The van der Waals surface area contributed by atoms with Crippen LogP contribution in [0.3, 0.4) is 0 Å². The van der Waals surface area contributed by atoms with Gasteiger partial charge in [0.1, 0.15) is 5.76 Å². The van der Waals surface area contributed by atoms with Gasteiger partial charge in [-0.1, -0.05) is 18.0 Å². The Morgan fingerprint density at radius 3 is 2.50 bits per heavy atom. The second-order valence-electron chi connectivity index (χ2n) is 7.55. The quantitative estimate of drug-likeness (QED) is 0.851. The Balaban J connectivity index is 1.58. The number of aryl methyl sites for hydroxylation is 2. The van der Waals surface area contributed by atoms with Gasteiger partial charge in [0.05, 0.1) is 5.69 Å². The van der Waals surface area contributed by atoms with Gasteiger partial charge in [0.25, 0.3) is 0 Å². The van der Waals surface area contributed by atoms with Crippen LogP contribution in [-0.2, 0) is 11.3 Å². The van der Waals surface area contributed by atoms with Crippen molar-refractivity contribution in [2.75, 3.05) is 19.6 Å². The zero-order chi connectivity index (χ0) is 17.1. The van der Waals surface area contributed by atoms with E-state index in [2.05, 4.69) is 15.0 Å². The van der Waals surface area contributed by atoms with Crippen LogP contribution in [0.25, 0.3) is 0 Å². The van der Waals surface area contributed by atoms with Crippen molar-refractivity contribution in [3.63, 3.8) is 0 Å². The fourth-order valence-electron chi connectivity index (χ4n) is 4.46. The molecule has 5 nitrogen and oxygen atoms in total. The molecule has 0 radical (unpaired) electrons. The van der Waals surface area contributed by atoms with E-state index in [0.717, 1.165) is 37.6 Å². The number of rotatable bonds is 3. The molecule has 1 aromatic heterocycles. The van der Waals surface area contributed by atoms with Gasteiger partial charge in [-0.15, -0.1) is 0 Å². The molecule has 134 valence electrons. The summed E-state index contributed by atoms with van der Waals surface area (Å²) >= 11 is 0. The number of carbonyl (C=O) groups excluding carboxylic acids is 1. The van der Waals surface area contributed by atoms with Crippen LogP contribution in [0.2, 0.25) is 0 Å². The SMILES string of the molecule is CC(=O)N1CCCCCC1C1CCN(Cc2c(C)noc2C)CC1. The molecule has 1 atom stereocenters. The second kappa shape index (κ2) is 7.68. The van der Waals surface area contributed by atoms with Gasteiger partial charge in [-0.05, 0) is 58.5 Å². The average molecular weight is 333 g/mol. The van der Waals surface area contributed by atoms with Crippen molar-refractivity contribution in [3.05, 3.63) is 17.0 Å². The van der Waals surface area contributed by atoms with Gasteiger partial charge < -0.3 is 9.42 Å². The molecular weight excluding hydrogens is 302 g/mol. The summed E-state index contributed by atoms with van der Waals surface area (Å²) in [6.07, 6.45) is 7.28. The lowest BCUT2D eigenvalue weighted by Crippen LogP contribution is -2.47. The molecule has 2 aliphatic heterocycles. The fourth-order valence-corrected chi connectivity index (χ4v) is 4.46. The van der Waals surface area contributed by atoms with Crippen molar-refractivity contribution in [2.24, 2.45) is 5.92 Å². The van der Waals surface area contributed by atoms with Gasteiger partial charge in [-0.3, -0.25) is 9.69 Å². The molecule has 5 heteroatoms. The van der Waals surface area contributed by atoms with Crippen LogP contribution in [0.15, 0.2) is 4.52 Å². The van der Waals surface area contributed by atoms with Crippen LogP contribution in [0.4, 0.5) is 0 Å². The normalized spacial score (nSPS) is 24.1. The number of piperidine rings is 1. The van der Waals surface area contributed by atoms with Gasteiger partial charge in [0, 0.05) is 31.6 Å². The van der Waals surface area contributed by atoms with Crippen molar-refractivity contribution < 1.29 is 9.32 Å². The van der Waals surface area contributed by atoms with E-state index in [9.17, 15) is 4.79 Å². The molecule has 0 N–H and O–H groups in total. The standard InChI is InChI=1S/C19H31N3O2/c1-14-18(15(2)24-20-14)13-21-11-8-17(9-12-21)19-7-5-4-6-10-22(19)16(3)23/h17,19H,4-13H2,1-3H3. The molecule has 1 aromatic rings. The summed E-state index contributed by atoms with van der Waals surface area (Å²) in [4.78, 5) is 16.7. The van der Waals surface area contributed by atoms with Crippen molar-refractivity contribution in [1.29, 1.82) is 0 Å². The highest BCUT2D eigenvalue weighted by Gasteiger charge is 2.33. The highest BCUT2D eigenvalue weighted by molar-refractivity contribution is 5.73. The van der Waals surface area contributed by atoms with Crippen LogP contribution in [0.5, 0.6) is 0 Å². The van der Waals surface area contributed by atoms with Crippen LogP contribution in [0, 0.1) is 19.8 Å². The summed E-state index contributed by atoms with van der Waals surface area (Å²) in [5.74, 6) is 1.87. The summed E-state index contributed by atoms with van der Waals surface area (Å²) in [5.41, 5.74) is 2.26. The Morgan fingerprint density at radius 2 is 1.88 bits per heavy atom. The molecule has 3 heterocycles. The minimum absolute atomic E-state index is 0.264. The molecule has 0 aliphatic carbocycles. The van der Waals surface area contributed by atoms with Crippen molar-refractivity contribution >= 4 is 5.91 Å². The molecule has 0 bridgehead atoms. The maximum absolute atomic E-state index is 12.1. The minimum Gasteiger partial charge on any atom is -0.361 e. The monoisotopic (exact) mass is 333 g/mol. The number of carbonyl (C=O) groups is 1. The average Bonchev–Trinajstić information content (AvgIpc) is 2.79. The Morgan fingerprint density at radius 1 is 1.12 bits per heavy atom. The highest BCUT2D eigenvalue weighted by atomic mass is 16.5. The molecule has 1 unspecified atom stereocenters. The lowest BCUT2D eigenvalue weighted by molar-refractivity contribution is -0.132. The molecule has 0 aromatic carbocycles. The maximum Gasteiger partial charge on any atom is 0.219 e. The van der Waals surface area contributed by atoms with E-state index in [1.54, 1.807) is 6.92 Å². The van der Waals surface area contributed by atoms with E-state index in [1.807, 2.05) is 13.8 Å². The summed E-state index contributed by atoms with van der Waals surface area (Å²) in [5, 5.41) is 4.06. The number of hydrogen-bond acceptors (Lipinski definition) is 4. The van der Waals surface area contributed by atoms with Gasteiger partial charge in [0.15, 0.2) is 0 Å². The molecule has 0 spiro atoms. The third-order valence-electron chi connectivity index (χ3n) is 5.94. The largest absolute Gasteiger partial charge is 0.361 e. The number of likely N-dealkylation sites (tertiary alicyclic amines) is 2. The van der Waals surface area contributed by atoms with Crippen LogP contribution in [-0.4, -0.2) is 46.5 Å². The van der Waals surface area contributed by atoms with E-state index in [-0.39, 0.29) is 5.91 Å². The Bertz CT molecular complexity index is 541. The number of hydrogen-bond donors (Lipinski definition) is 0. The molecule has 0 saturated carbocycles. The molecule has 2 saturated heterocycles. The first-order valence-corrected chi connectivity index (χ1v) is 9.47. The van der Waals surface area contributed by atoms with E-state index in [1.165, 1.54) is 44.1 Å². The Hall–Kier alpha value is -1.36. The van der Waals surface area contributed by atoms with Gasteiger partial charge in [0.2, 0.25) is 5.91 Å². The predicted octanol–water partition coefficient (Wildman–Crippen LogP) is 3.29. The first-order chi connectivity index (χ1) is 11.6. The first kappa shape index (κ1) is 17.5. The topological polar surface area (TPSA) is 49.6 Å². The van der Waals surface area contributed by atoms with Gasteiger partial charge >= 0.3 is 0 Å². The van der Waals surface area contributed by atoms with Crippen molar-refractivity contribution in [1.82, 2.24) is 15.0 Å². The summed E-state index contributed by atoms with van der Waals surface area (Å²) in [6, 6.07) is 0.464. The summed E-state index contributed by atoms with van der Waals surface area (Å²) in [6.45, 7) is 9.88. The summed E-state index contributed by atoms with van der Waals surface area (Å²) < 4.78 is 5.29. The van der Waals surface area contributed by atoms with Crippen LogP contribution >= 0.6 is 0 Å². The van der Waals surface area contributed by atoms with E-state index in [4.69, 9.17) is 4.52 Å². The first-order valence-electron chi connectivity index (χ1n) is 9.47. The molecule has 2 aliphatic rings. The molecule has 3 rings (SSSR count). The molecule has 24 heavy (non-hydrogen) atoms. The van der Waals surface area contributed by atoms with Crippen LogP contribution in [0.1, 0.15) is 62.5 Å². The number of aromatic nitrogens is 1. The number of nitrogens with zero attached hydrogens (tertiary/aromatic N) is 3. The second-order valence-corrected chi connectivity index (χ2v) is 7.55. The maximum atomic E-state index is 12.1. The Labute approximate surface area is 145 Å². The molecule has 1 amide bonds. The number of amides is 1. The van der Waals surface area contributed by atoms with Crippen molar-refractivity contribution in [2.45, 2.75) is 71.9 Å². The van der Waals surface area contributed by atoms with Crippen LogP contribution < -0.4 is 0 Å². The van der Waals surface area contributed by atoms with Gasteiger partial charge in [-0.25, -0.2) is 0 Å².